The molecule has 0 radical (unpaired) electrons. The van der Waals surface area contributed by atoms with Crippen molar-refractivity contribution in [2.24, 2.45) is 37.9 Å². The number of hydrogen-bond acceptors (Lipinski definition) is 21. The Labute approximate surface area is 548 Å². The van der Waals surface area contributed by atoms with Gasteiger partial charge in [-0.3, -0.25) is 33.6 Å². The number of hydrogen-bond donors (Lipinski definition) is 0. The van der Waals surface area contributed by atoms with E-state index in [2.05, 4.69) is 69.2 Å². The predicted octanol–water partition coefficient (Wildman–Crippen LogP) is 12.3. The maximum atomic E-state index is 11.4. The molecule has 0 aromatic carbocycles. The van der Waals surface area contributed by atoms with Crippen LogP contribution in [0, 0.1) is 37.9 Å². The van der Waals surface area contributed by atoms with E-state index in [4.69, 9.17) is 66.3 Å². The van der Waals surface area contributed by atoms with Gasteiger partial charge >= 0.3 is 41.8 Å². The van der Waals surface area contributed by atoms with Crippen LogP contribution in [-0.2, 0) is 99.9 Å². The molecule has 0 bridgehead atoms. The maximum absolute atomic E-state index is 11.4. The molecule has 0 aromatic heterocycles. The van der Waals surface area contributed by atoms with Gasteiger partial charge in [0.2, 0.25) is 0 Å². The van der Waals surface area contributed by atoms with E-state index in [-0.39, 0.29) is 79.7 Å². The Morgan fingerprint density at radius 2 is 0.451 bits per heavy atom. The molecule has 21 nitrogen and oxygen atoms in total. The SMILES string of the molecule is CC(=O)OCC1(C)COC1.CCC(=O)OCC1(C)COC1.CCCC(=O)OCC1(C)COC1.CCCCC(=O)OCC1(C)COC1.CCCCCC(=O)OCC1(C)COC1.CCCCCCC(=O)OCC1(C)COC1.CCCCCCCC(=O)OCC1(C)COC1. The van der Waals surface area contributed by atoms with Gasteiger partial charge in [0.05, 0.1) is 92.5 Å². The first kappa shape index (κ1) is 85.0. The van der Waals surface area contributed by atoms with Gasteiger partial charge in [-0.15, -0.1) is 0 Å². The third-order valence-electron chi connectivity index (χ3n) is 15.6. The molecule has 0 aliphatic carbocycles. The van der Waals surface area contributed by atoms with Crippen molar-refractivity contribution in [1.29, 1.82) is 0 Å². The first-order chi connectivity index (χ1) is 43.1. The number of carbonyl (C=O) groups is 7. The zero-order valence-corrected chi connectivity index (χ0v) is 59.3. The standard InChI is InChI=1S/C13H24O3.C12H22O3.C11H20O3.C10H18O3.C9H16O3.C8H14O3.C7H12O3/c1-3-4-5-6-7-8-12(14)16-11-13(2)9-15-10-13;1-3-4-5-6-7-11(13)15-10-12(2)8-14-9-12;1-3-4-5-6-10(12)14-9-11(2)7-13-8-11;1-3-4-5-9(11)13-8-10(2)6-12-7-10;1-3-4-8(10)12-7-9(2)5-11-6-9;1-3-7(9)11-6-8(2)4-10-5-8;1-6(8)10-5-7(2)3-9-4-7/h3-11H2,1-2H3;3-10H2,1-2H3;3-9H2,1-2H3;3-8H2,1-2H3;3-7H2,1-2H3;3-6H2,1-2H3;3-5H2,1-2H3. The largest absolute Gasteiger partial charge is 0.465 e. The Balaban J connectivity index is 0.000000533. The third-order valence-corrected chi connectivity index (χ3v) is 15.6. The Morgan fingerprint density at radius 1 is 0.253 bits per heavy atom. The average Bonchev–Trinajstić information content (AvgIpc) is 1.35. The van der Waals surface area contributed by atoms with E-state index in [1.54, 1.807) is 6.92 Å². The summed E-state index contributed by atoms with van der Waals surface area (Å²) in [4.78, 5) is 77.2. The maximum Gasteiger partial charge on any atom is 0.305 e. The van der Waals surface area contributed by atoms with Crippen molar-refractivity contribution in [3.63, 3.8) is 0 Å². The van der Waals surface area contributed by atoms with Crippen molar-refractivity contribution >= 4 is 41.8 Å². The molecule has 7 heterocycles. The first-order valence-electron chi connectivity index (χ1n) is 34.2. The lowest BCUT2D eigenvalue weighted by Gasteiger charge is -2.37. The number of unbranched alkanes of at least 4 members (excludes halogenated alkanes) is 10. The van der Waals surface area contributed by atoms with Gasteiger partial charge in [0.15, 0.2) is 0 Å². The number of ether oxygens (including phenoxy) is 14. The molecule has 21 heteroatoms. The normalized spacial score (nSPS) is 19.2. The van der Waals surface area contributed by atoms with Crippen LogP contribution < -0.4 is 0 Å². The fourth-order valence-corrected chi connectivity index (χ4v) is 8.62. The van der Waals surface area contributed by atoms with Crippen molar-refractivity contribution in [3.05, 3.63) is 0 Å². The molecule has 7 aliphatic heterocycles. The van der Waals surface area contributed by atoms with Crippen LogP contribution in [0.25, 0.3) is 0 Å². The molecule has 0 saturated carbocycles. The Hall–Kier alpha value is -3.99. The minimum Gasteiger partial charge on any atom is -0.465 e. The topological polar surface area (TPSA) is 249 Å². The van der Waals surface area contributed by atoms with E-state index in [0.717, 1.165) is 104 Å². The molecule has 0 N–H and O–H groups in total. The van der Waals surface area contributed by atoms with E-state index in [1.165, 1.54) is 39.0 Å². The second-order valence-electron chi connectivity index (χ2n) is 28.5. The summed E-state index contributed by atoms with van der Waals surface area (Å²) in [5.74, 6) is -0.678. The quantitative estimate of drug-likeness (QED) is 0.0325. The van der Waals surface area contributed by atoms with Crippen molar-refractivity contribution in [2.75, 3.05) is 139 Å². The molecule has 0 spiro atoms. The summed E-state index contributed by atoms with van der Waals surface area (Å²) in [5, 5.41) is 0. The van der Waals surface area contributed by atoms with Crippen molar-refractivity contribution in [1.82, 2.24) is 0 Å². The third kappa shape index (κ3) is 41.5. The molecule has 7 fully saturated rings. The lowest BCUT2D eigenvalue weighted by molar-refractivity contribution is -0.165. The van der Waals surface area contributed by atoms with Gasteiger partial charge in [-0.1, -0.05) is 154 Å². The van der Waals surface area contributed by atoms with Crippen molar-refractivity contribution in [2.45, 2.75) is 232 Å². The first-order valence-corrected chi connectivity index (χ1v) is 34.2. The van der Waals surface area contributed by atoms with Gasteiger partial charge in [-0.25, -0.2) is 0 Å². The fourth-order valence-electron chi connectivity index (χ4n) is 8.62. The van der Waals surface area contributed by atoms with Gasteiger partial charge in [0, 0.05) is 83.4 Å². The molecule has 0 atom stereocenters. The molecule has 7 rings (SSSR count). The summed E-state index contributed by atoms with van der Waals surface area (Å²) in [7, 11) is 0. The van der Waals surface area contributed by atoms with E-state index >= 15 is 0 Å². The molecule has 532 valence electrons. The van der Waals surface area contributed by atoms with Crippen LogP contribution in [0.5, 0.6) is 0 Å². The van der Waals surface area contributed by atoms with Crippen LogP contribution in [0.2, 0.25) is 0 Å². The minimum atomic E-state index is -0.215. The molecule has 91 heavy (non-hydrogen) atoms. The smallest absolute Gasteiger partial charge is 0.305 e. The van der Waals surface area contributed by atoms with Crippen LogP contribution in [0.1, 0.15) is 232 Å². The molecular weight excluding hydrogens is 1180 g/mol. The van der Waals surface area contributed by atoms with Crippen molar-refractivity contribution < 1.29 is 99.9 Å². The highest BCUT2D eigenvalue weighted by molar-refractivity contribution is 5.71. The lowest BCUT2D eigenvalue weighted by atomic mass is 9.90. The molecule has 0 amide bonds. The van der Waals surface area contributed by atoms with Crippen molar-refractivity contribution in [3.8, 4) is 0 Å². The second kappa shape index (κ2) is 47.0. The van der Waals surface area contributed by atoms with E-state index in [1.807, 2.05) is 13.8 Å². The molecule has 0 unspecified atom stereocenters. The number of esters is 7. The van der Waals surface area contributed by atoms with Crippen LogP contribution in [0.4, 0.5) is 0 Å². The van der Waals surface area contributed by atoms with Gasteiger partial charge in [-0.2, -0.15) is 0 Å². The molecule has 7 saturated heterocycles. The Morgan fingerprint density at radius 3 is 0.670 bits per heavy atom. The highest BCUT2D eigenvalue weighted by Gasteiger charge is 2.39. The molecule has 7 aliphatic rings. The fraction of sp³-hybridized carbons (Fsp3) is 0.900. The van der Waals surface area contributed by atoms with Crippen LogP contribution in [-0.4, -0.2) is 181 Å². The number of rotatable bonds is 35. The summed E-state index contributed by atoms with van der Waals surface area (Å²) < 4.78 is 71.0. The van der Waals surface area contributed by atoms with Gasteiger partial charge in [-0.05, 0) is 32.1 Å². The highest BCUT2D eigenvalue weighted by atomic mass is 16.6. The Bertz CT molecular complexity index is 2000. The van der Waals surface area contributed by atoms with Crippen LogP contribution in [0.3, 0.4) is 0 Å². The van der Waals surface area contributed by atoms with E-state index in [0.29, 0.717) is 138 Å². The molecule has 0 aromatic rings. The van der Waals surface area contributed by atoms with E-state index < -0.39 is 0 Å². The summed E-state index contributed by atoms with van der Waals surface area (Å²) in [6.45, 7) is 41.8. The lowest BCUT2D eigenvalue weighted by Crippen LogP contribution is -2.44. The number of carbonyl (C=O) groups excluding carboxylic acids is 7. The Kier molecular flexibility index (Phi) is 43.9. The summed E-state index contributed by atoms with van der Waals surface area (Å²) >= 11 is 0. The average molecular weight is 1300 g/mol. The monoisotopic (exact) mass is 1300 g/mol. The highest BCUT2D eigenvalue weighted by Crippen LogP contribution is 2.31. The van der Waals surface area contributed by atoms with Gasteiger partial charge in [0.25, 0.3) is 0 Å². The second-order valence-corrected chi connectivity index (χ2v) is 28.5. The zero-order valence-electron chi connectivity index (χ0n) is 59.3. The summed E-state index contributed by atoms with van der Waals surface area (Å²) in [6.07, 6.45) is 19.6. The van der Waals surface area contributed by atoms with Crippen LogP contribution >= 0.6 is 0 Å². The van der Waals surface area contributed by atoms with Crippen LogP contribution in [0.15, 0.2) is 0 Å². The summed E-state index contributed by atoms with van der Waals surface area (Å²) in [6, 6.07) is 0. The van der Waals surface area contributed by atoms with Gasteiger partial charge in [0.1, 0.15) is 46.2 Å². The molecular formula is C70H126O21. The van der Waals surface area contributed by atoms with E-state index in [9.17, 15) is 33.6 Å². The zero-order chi connectivity index (χ0) is 68.1. The van der Waals surface area contributed by atoms with Gasteiger partial charge < -0.3 is 66.3 Å². The predicted molar refractivity (Wildman–Crippen MR) is 346 cm³/mol. The minimum absolute atomic E-state index is 0.0513. The summed E-state index contributed by atoms with van der Waals surface area (Å²) in [5.41, 5.74) is 0.596.